The number of thiophene rings is 1. The van der Waals surface area contributed by atoms with Crippen molar-refractivity contribution in [1.29, 1.82) is 0 Å². The molecule has 0 saturated heterocycles. The molecule has 0 saturated carbocycles. The highest BCUT2D eigenvalue weighted by Gasteiger charge is 2.28. The van der Waals surface area contributed by atoms with Crippen LogP contribution in [0, 0.1) is 0 Å². The predicted molar refractivity (Wildman–Crippen MR) is 162 cm³/mol. The van der Waals surface area contributed by atoms with E-state index in [0.29, 0.717) is 22.5 Å². The van der Waals surface area contributed by atoms with Crippen LogP contribution < -0.4 is 5.73 Å². The second-order valence-corrected chi connectivity index (χ2v) is 11.2. The van der Waals surface area contributed by atoms with Gasteiger partial charge in [0.1, 0.15) is 17.2 Å². The lowest BCUT2D eigenvalue weighted by Gasteiger charge is -2.13. The summed E-state index contributed by atoms with van der Waals surface area (Å²) in [6.45, 7) is 1.97. The highest BCUT2D eigenvalue weighted by Crippen LogP contribution is 2.48. The van der Waals surface area contributed by atoms with Crippen LogP contribution in [0.3, 0.4) is 0 Å². The number of hydrogen-bond acceptors (Lipinski definition) is 8. The Morgan fingerprint density at radius 3 is 2.35 bits per heavy atom. The third-order valence-electron chi connectivity index (χ3n) is 6.41. The highest BCUT2D eigenvalue weighted by atomic mass is 32.2. The molecule has 0 radical (unpaired) electrons. The SMILES string of the molecule is CCOC(=O)c1c(N)nc2c(-c3nc4ccccc4[nH]3)c(SCC(=O)c3ccccc3)sc2c1-c1ccccc1. The first-order valence-corrected chi connectivity index (χ1v) is 14.5. The van der Waals surface area contributed by atoms with Crippen LogP contribution in [0.15, 0.2) is 89.1 Å². The molecule has 0 atom stereocenters. The molecular formula is C31H24N4O3S2. The Hall–Kier alpha value is -4.47. The van der Waals surface area contributed by atoms with E-state index in [4.69, 9.17) is 20.4 Å². The van der Waals surface area contributed by atoms with Crippen molar-refractivity contribution in [2.45, 2.75) is 11.1 Å². The number of esters is 1. The number of ether oxygens (including phenoxy) is 1. The van der Waals surface area contributed by atoms with Crippen molar-refractivity contribution in [1.82, 2.24) is 15.0 Å². The fraction of sp³-hybridized carbons (Fsp3) is 0.0968. The number of H-pyrrole nitrogens is 1. The maximum atomic E-state index is 13.1. The summed E-state index contributed by atoms with van der Waals surface area (Å²) >= 11 is 2.90. The third kappa shape index (κ3) is 4.74. The van der Waals surface area contributed by atoms with E-state index in [1.54, 1.807) is 6.92 Å². The molecule has 0 bridgehead atoms. The topological polar surface area (TPSA) is 111 Å². The van der Waals surface area contributed by atoms with Crippen molar-refractivity contribution in [3.05, 3.63) is 96.1 Å². The molecule has 0 aliphatic carbocycles. The number of carbonyl (C=O) groups excluding carboxylic acids is 2. The lowest BCUT2D eigenvalue weighted by atomic mass is 9.99. The van der Waals surface area contributed by atoms with Crippen molar-refractivity contribution in [3.63, 3.8) is 0 Å². The number of rotatable bonds is 8. The van der Waals surface area contributed by atoms with Crippen LogP contribution in [-0.2, 0) is 4.74 Å². The van der Waals surface area contributed by atoms with Gasteiger partial charge in [0.15, 0.2) is 5.78 Å². The molecule has 198 valence electrons. The number of nitrogens with zero attached hydrogens (tertiary/aromatic N) is 2. The van der Waals surface area contributed by atoms with E-state index < -0.39 is 5.97 Å². The van der Waals surface area contributed by atoms with Gasteiger partial charge in [-0.1, -0.05) is 72.8 Å². The molecule has 9 heteroatoms. The molecule has 40 heavy (non-hydrogen) atoms. The molecule has 6 rings (SSSR count). The van der Waals surface area contributed by atoms with Gasteiger partial charge >= 0.3 is 5.97 Å². The number of carbonyl (C=O) groups is 2. The number of hydrogen-bond donors (Lipinski definition) is 2. The first-order valence-electron chi connectivity index (χ1n) is 12.7. The fourth-order valence-electron chi connectivity index (χ4n) is 4.61. The van der Waals surface area contributed by atoms with E-state index in [-0.39, 0.29) is 29.5 Å². The van der Waals surface area contributed by atoms with Crippen LogP contribution in [0.2, 0.25) is 0 Å². The Bertz CT molecular complexity index is 1830. The molecular weight excluding hydrogens is 541 g/mol. The van der Waals surface area contributed by atoms with Crippen molar-refractivity contribution in [2.24, 2.45) is 0 Å². The first-order chi connectivity index (χ1) is 19.5. The molecule has 0 aliphatic rings. The van der Waals surface area contributed by atoms with Crippen molar-refractivity contribution in [3.8, 4) is 22.5 Å². The average molecular weight is 565 g/mol. The van der Waals surface area contributed by atoms with Crippen LogP contribution in [0.4, 0.5) is 5.82 Å². The number of Topliss-reactive ketones (excluding diaryl/α,β-unsaturated/α-hetero) is 1. The molecule has 3 aromatic carbocycles. The van der Waals surface area contributed by atoms with E-state index in [1.165, 1.54) is 23.1 Å². The van der Waals surface area contributed by atoms with Crippen LogP contribution in [0.5, 0.6) is 0 Å². The maximum absolute atomic E-state index is 13.1. The Kier molecular flexibility index (Phi) is 7.06. The number of benzene rings is 3. The first kappa shape index (κ1) is 25.8. The van der Waals surface area contributed by atoms with Crippen LogP contribution >= 0.6 is 23.1 Å². The van der Waals surface area contributed by atoms with Gasteiger partial charge < -0.3 is 15.5 Å². The molecule has 3 N–H and O–H groups in total. The summed E-state index contributed by atoms with van der Waals surface area (Å²) in [4.78, 5) is 39.2. The summed E-state index contributed by atoms with van der Waals surface area (Å²) in [5.74, 6) is 0.418. The number of ketones is 1. The van der Waals surface area contributed by atoms with Gasteiger partial charge in [-0.15, -0.1) is 23.1 Å². The van der Waals surface area contributed by atoms with Crippen LogP contribution in [-0.4, -0.2) is 39.1 Å². The Labute approximate surface area is 238 Å². The lowest BCUT2D eigenvalue weighted by molar-refractivity contribution is 0.0528. The predicted octanol–water partition coefficient (Wildman–Crippen LogP) is 7.24. The minimum atomic E-state index is -0.527. The minimum absolute atomic E-state index is 0.0154. The van der Waals surface area contributed by atoms with E-state index in [9.17, 15) is 9.59 Å². The molecule has 0 fully saturated rings. The zero-order valence-corrected chi connectivity index (χ0v) is 23.1. The average Bonchev–Trinajstić information content (AvgIpc) is 3.57. The van der Waals surface area contributed by atoms with Crippen LogP contribution in [0.25, 0.3) is 43.8 Å². The second kappa shape index (κ2) is 11.0. The number of anilines is 1. The number of fused-ring (bicyclic) bond motifs is 2. The molecule has 3 heterocycles. The van der Waals surface area contributed by atoms with Gasteiger partial charge in [0, 0.05) is 11.1 Å². The van der Waals surface area contributed by atoms with Gasteiger partial charge in [-0.25, -0.2) is 14.8 Å². The van der Waals surface area contributed by atoms with E-state index >= 15 is 0 Å². The van der Waals surface area contributed by atoms with E-state index in [0.717, 1.165) is 31.1 Å². The zero-order valence-electron chi connectivity index (χ0n) is 21.5. The summed E-state index contributed by atoms with van der Waals surface area (Å²) in [5.41, 5.74) is 11.9. The number of imidazole rings is 1. The third-order valence-corrected chi connectivity index (χ3v) is 8.88. The van der Waals surface area contributed by atoms with E-state index in [1.807, 2.05) is 84.9 Å². The number of nitrogens with two attached hydrogens (primary N) is 1. The molecule has 0 spiro atoms. The standard InChI is InChI=1S/C31H24N4O3S2/c1-2-38-30(37)24-23(19-13-7-4-8-14-19)27-26(35-28(24)32)25(29-33-20-15-9-10-16-21(20)34-29)31(40-27)39-17-22(36)18-11-5-3-6-12-18/h3-16H,2,17H2,1H3,(H2,32,35)(H,33,34). The summed E-state index contributed by atoms with van der Waals surface area (Å²) in [6, 6.07) is 26.6. The van der Waals surface area contributed by atoms with Gasteiger partial charge in [0.25, 0.3) is 0 Å². The zero-order chi connectivity index (χ0) is 27.6. The maximum Gasteiger partial charge on any atom is 0.342 e. The number of aromatic nitrogens is 3. The fourth-order valence-corrected chi connectivity index (χ4v) is 7.08. The molecule has 7 nitrogen and oxygen atoms in total. The van der Waals surface area contributed by atoms with Gasteiger partial charge in [-0.3, -0.25) is 4.79 Å². The largest absolute Gasteiger partial charge is 0.462 e. The molecule has 0 aliphatic heterocycles. The lowest BCUT2D eigenvalue weighted by Crippen LogP contribution is -2.11. The Morgan fingerprint density at radius 1 is 0.925 bits per heavy atom. The monoisotopic (exact) mass is 564 g/mol. The number of aromatic amines is 1. The smallest absolute Gasteiger partial charge is 0.342 e. The Morgan fingerprint density at radius 2 is 1.62 bits per heavy atom. The normalized spacial score (nSPS) is 11.2. The van der Waals surface area contributed by atoms with Crippen molar-refractivity contribution in [2.75, 3.05) is 18.1 Å². The number of thioether (sulfide) groups is 1. The summed E-state index contributed by atoms with van der Waals surface area (Å²) in [7, 11) is 0. The van der Waals surface area contributed by atoms with E-state index in [2.05, 4.69) is 4.98 Å². The van der Waals surface area contributed by atoms with Crippen LogP contribution in [0.1, 0.15) is 27.6 Å². The second-order valence-electron chi connectivity index (χ2n) is 8.96. The Balaban J connectivity index is 1.59. The summed E-state index contributed by atoms with van der Waals surface area (Å²) < 4.78 is 7.01. The molecule has 6 aromatic rings. The quantitative estimate of drug-likeness (QED) is 0.114. The number of nitrogens with one attached hydrogen (secondary N) is 1. The van der Waals surface area contributed by atoms with Crippen molar-refractivity contribution >= 4 is 61.9 Å². The minimum Gasteiger partial charge on any atom is -0.462 e. The van der Waals surface area contributed by atoms with Crippen molar-refractivity contribution < 1.29 is 14.3 Å². The number of para-hydroxylation sites is 2. The number of nitrogen functional groups attached to an aromatic ring is 1. The van der Waals surface area contributed by atoms with Gasteiger partial charge in [0.05, 0.1) is 43.4 Å². The molecule has 0 amide bonds. The molecule has 3 aromatic heterocycles. The van der Waals surface area contributed by atoms with Gasteiger partial charge in [0.2, 0.25) is 0 Å². The summed E-state index contributed by atoms with van der Waals surface area (Å²) in [6.07, 6.45) is 0. The van der Waals surface area contributed by atoms with Gasteiger partial charge in [-0.05, 0) is 24.6 Å². The summed E-state index contributed by atoms with van der Waals surface area (Å²) in [5, 5.41) is 0. The molecule has 0 unspecified atom stereocenters. The van der Waals surface area contributed by atoms with Gasteiger partial charge in [-0.2, -0.15) is 0 Å². The highest BCUT2D eigenvalue weighted by molar-refractivity contribution is 8.02. The number of pyridine rings is 1.